The van der Waals surface area contributed by atoms with Gasteiger partial charge in [-0.05, 0) is 49.1 Å². The standard InChI is InChI=1S/C22H20N4O/c27-20(15-4-1-2-5-15)10-8-14-7-9-16-13-19(24-18(16)12-14)22-21-17(25-26-22)6-3-11-23-21/h3,6-7,9,11-13,15,20,24,27H,1-2,4-5H2,(H,25,26)/t20-/m0/s1. The smallest absolute Gasteiger partial charge is 0.135 e. The van der Waals surface area contributed by atoms with Crippen LogP contribution in [0.25, 0.3) is 33.3 Å². The minimum atomic E-state index is -0.524. The monoisotopic (exact) mass is 356 g/mol. The SMILES string of the molecule is O[C@@H](C#Cc1ccc2cc(-c3n[nH]c4cccnc34)[nH]c2c1)C1CCCC1. The minimum absolute atomic E-state index is 0.332. The molecule has 134 valence electrons. The maximum atomic E-state index is 10.3. The first kappa shape index (κ1) is 16.1. The molecule has 1 fully saturated rings. The minimum Gasteiger partial charge on any atom is -0.380 e. The van der Waals surface area contributed by atoms with E-state index in [1.165, 1.54) is 12.8 Å². The number of aromatic nitrogens is 4. The second kappa shape index (κ2) is 6.57. The van der Waals surface area contributed by atoms with E-state index in [0.29, 0.717) is 5.92 Å². The molecular formula is C22H20N4O. The largest absolute Gasteiger partial charge is 0.380 e. The predicted octanol–water partition coefficient (Wildman–Crippen LogP) is 4.01. The van der Waals surface area contributed by atoms with Crippen molar-refractivity contribution in [2.75, 3.05) is 0 Å². The van der Waals surface area contributed by atoms with Crippen LogP contribution < -0.4 is 0 Å². The summed E-state index contributed by atoms with van der Waals surface area (Å²) >= 11 is 0. The van der Waals surface area contributed by atoms with Crippen molar-refractivity contribution in [1.82, 2.24) is 20.2 Å². The lowest BCUT2D eigenvalue weighted by atomic mass is 10.0. The normalized spacial score (nSPS) is 15.9. The summed E-state index contributed by atoms with van der Waals surface area (Å²) in [6, 6.07) is 12.0. The molecule has 0 unspecified atom stereocenters. The van der Waals surface area contributed by atoms with Crippen molar-refractivity contribution in [2.45, 2.75) is 31.8 Å². The number of pyridine rings is 1. The van der Waals surface area contributed by atoms with E-state index < -0.39 is 6.10 Å². The average Bonchev–Trinajstić information content (AvgIpc) is 3.44. The lowest BCUT2D eigenvalue weighted by Gasteiger charge is -2.10. The molecule has 0 amide bonds. The average molecular weight is 356 g/mol. The van der Waals surface area contributed by atoms with Crippen molar-refractivity contribution in [1.29, 1.82) is 0 Å². The third kappa shape index (κ3) is 2.98. The number of nitrogens with zero attached hydrogens (tertiary/aromatic N) is 2. The molecule has 0 saturated heterocycles. The van der Waals surface area contributed by atoms with E-state index in [1.807, 2.05) is 30.3 Å². The van der Waals surface area contributed by atoms with Crippen LogP contribution in [0.1, 0.15) is 31.2 Å². The zero-order valence-corrected chi connectivity index (χ0v) is 14.9. The van der Waals surface area contributed by atoms with Gasteiger partial charge in [0, 0.05) is 22.7 Å². The highest BCUT2D eigenvalue weighted by Crippen LogP contribution is 2.28. The van der Waals surface area contributed by atoms with Gasteiger partial charge >= 0.3 is 0 Å². The number of aliphatic hydroxyl groups excluding tert-OH is 1. The Morgan fingerprint density at radius 1 is 1.11 bits per heavy atom. The van der Waals surface area contributed by atoms with Crippen molar-refractivity contribution in [3.05, 3.63) is 48.2 Å². The molecule has 5 rings (SSSR count). The maximum Gasteiger partial charge on any atom is 0.135 e. The van der Waals surface area contributed by atoms with E-state index in [0.717, 1.165) is 51.7 Å². The molecule has 3 heterocycles. The Morgan fingerprint density at radius 3 is 2.89 bits per heavy atom. The van der Waals surface area contributed by atoms with Crippen LogP contribution in [0.2, 0.25) is 0 Å². The van der Waals surface area contributed by atoms with Crippen LogP contribution in [0.5, 0.6) is 0 Å². The molecule has 1 saturated carbocycles. The van der Waals surface area contributed by atoms with Crippen LogP contribution in [-0.2, 0) is 0 Å². The molecule has 0 radical (unpaired) electrons. The Kier molecular flexibility index (Phi) is 3.92. The van der Waals surface area contributed by atoms with Crippen LogP contribution in [0.4, 0.5) is 0 Å². The summed E-state index contributed by atoms with van der Waals surface area (Å²) in [5.41, 5.74) is 5.40. The third-order valence-electron chi connectivity index (χ3n) is 5.41. The van der Waals surface area contributed by atoms with Gasteiger partial charge in [0.25, 0.3) is 0 Å². The number of hydrogen-bond donors (Lipinski definition) is 3. The van der Waals surface area contributed by atoms with Crippen molar-refractivity contribution in [2.24, 2.45) is 5.92 Å². The second-order valence-corrected chi connectivity index (χ2v) is 7.22. The van der Waals surface area contributed by atoms with Gasteiger partial charge in [0.2, 0.25) is 0 Å². The van der Waals surface area contributed by atoms with Gasteiger partial charge in [-0.25, -0.2) is 0 Å². The van der Waals surface area contributed by atoms with Gasteiger partial charge in [0.15, 0.2) is 0 Å². The zero-order valence-electron chi connectivity index (χ0n) is 14.9. The van der Waals surface area contributed by atoms with Gasteiger partial charge < -0.3 is 10.1 Å². The van der Waals surface area contributed by atoms with E-state index in [2.05, 4.69) is 38.1 Å². The molecule has 0 bridgehead atoms. The van der Waals surface area contributed by atoms with Crippen molar-refractivity contribution < 1.29 is 5.11 Å². The molecule has 3 aromatic heterocycles. The van der Waals surface area contributed by atoms with E-state index in [1.54, 1.807) is 6.20 Å². The zero-order chi connectivity index (χ0) is 18.2. The maximum absolute atomic E-state index is 10.3. The molecule has 1 atom stereocenters. The molecule has 27 heavy (non-hydrogen) atoms. The second-order valence-electron chi connectivity index (χ2n) is 7.22. The number of aliphatic hydroxyl groups is 1. The lowest BCUT2D eigenvalue weighted by Crippen LogP contribution is -2.14. The number of H-pyrrole nitrogens is 2. The highest BCUT2D eigenvalue weighted by Gasteiger charge is 2.21. The number of fused-ring (bicyclic) bond motifs is 2. The van der Waals surface area contributed by atoms with Crippen molar-refractivity contribution in [3.63, 3.8) is 0 Å². The topological polar surface area (TPSA) is 77.6 Å². The van der Waals surface area contributed by atoms with Crippen LogP contribution in [0.3, 0.4) is 0 Å². The van der Waals surface area contributed by atoms with Crippen LogP contribution in [0, 0.1) is 17.8 Å². The van der Waals surface area contributed by atoms with Gasteiger partial charge in [-0.1, -0.05) is 30.7 Å². The fraction of sp³-hybridized carbons (Fsp3) is 0.273. The summed E-state index contributed by atoms with van der Waals surface area (Å²) in [5, 5.41) is 18.8. The van der Waals surface area contributed by atoms with Gasteiger partial charge in [-0.15, -0.1) is 0 Å². The van der Waals surface area contributed by atoms with E-state index in [-0.39, 0.29) is 0 Å². The van der Waals surface area contributed by atoms with Crippen molar-refractivity contribution >= 4 is 21.9 Å². The molecule has 1 aromatic carbocycles. The molecule has 5 heteroatoms. The quantitative estimate of drug-likeness (QED) is 0.475. The Hall–Kier alpha value is -3.10. The summed E-state index contributed by atoms with van der Waals surface area (Å²) < 4.78 is 0. The number of nitrogens with one attached hydrogen (secondary N) is 2. The highest BCUT2D eigenvalue weighted by atomic mass is 16.3. The third-order valence-corrected chi connectivity index (χ3v) is 5.41. The summed E-state index contributed by atoms with van der Waals surface area (Å²) in [5.74, 6) is 6.49. The van der Waals surface area contributed by atoms with E-state index >= 15 is 0 Å². The Bertz CT molecular complexity index is 1170. The van der Waals surface area contributed by atoms with Gasteiger partial charge in [0.1, 0.15) is 17.3 Å². The van der Waals surface area contributed by atoms with Crippen LogP contribution in [-0.4, -0.2) is 31.4 Å². The number of benzene rings is 1. The number of aromatic amines is 2. The number of rotatable bonds is 2. The summed E-state index contributed by atoms with van der Waals surface area (Å²) in [4.78, 5) is 7.85. The first-order valence-electron chi connectivity index (χ1n) is 9.40. The Balaban J connectivity index is 1.47. The Labute approximate surface area is 156 Å². The van der Waals surface area contributed by atoms with E-state index in [4.69, 9.17) is 0 Å². The molecule has 0 spiro atoms. The van der Waals surface area contributed by atoms with Crippen LogP contribution in [0.15, 0.2) is 42.6 Å². The molecule has 4 aromatic rings. The summed E-state index contributed by atoms with van der Waals surface area (Å²) in [7, 11) is 0. The summed E-state index contributed by atoms with van der Waals surface area (Å²) in [6.07, 6.45) is 5.83. The Morgan fingerprint density at radius 2 is 2.00 bits per heavy atom. The summed E-state index contributed by atoms with van der Waals surface area (Å²) in [6.45, 7) is 0. The molecule has 0 aliphatic heterocycles. The molecular weight excluding hydrogens is 336 g/mol. The molecule has 3 N–H and O–H groups in total. The molecule has 1 aliphatic carbocycles. The fourth-order valence-corrected chi connectivity index (χ4v) is 3.92. The molecule has 1 aliphatic rings. The van der Waals surface area contributed by atoms with Crippen molar-refractivity contribution in [3.8, 4) is 23.2 Å². The molecule has 5 nitrogen and oxygen atoms in total. The number of hydrogen-bond acceptors (Lipinski definition) is 3. The first-order chi connectivity index (χ1) is 13.3. The van der Waals surface area contributed by atoms with Gasteiger partial charge in [-0.3, -0.25) is 10.1 Å². The predicted molar refractivity (Wildman–Crippen MR) is 106 cm³/mol. The highest BCUT2D eigenvalue weighted by molar-refractivity contribution is 5.93. The lowest BCUT2D eigenvalue weighted by molar-refractivity contribution is 0.165. The van der Waals surface area contributed by atoms with Gasteiger partial charge in [0.05, 0.1) is 11.2 Å². The van der Waals surface area contributed by atoms with Crippen LogP contribution >= 0.6 is 0 Å². The van der Waals surface area contributed by atoms with E-state index in [9.17, 15) is 5.11 Å². The van der Waals surface area contributed by atoms with Gasteiger partial charge in [-0.2, -0.15) is 5.10 Å². The fourth-order valence-electron chi connectivity index (χ4n) is 3.92. The first-order valence-corrected chi connectivity index (χ1v) is 9.40.